The number of nitrogens with one attached hydrogen (secondary N) is 1. The number of aryl methyl sites for hydroxylation is 1. The van der Waals surface area contributed by atoms with Crippen molar-refractivity contribution in [3.8, 4) is 11.3 Å². The molecular weight excluding hydrogens is 252 g/mol. The average Bonchev–Trinajstić information content (AvgIpc) is 2.76. The molecule has 0 radical (unpaired) electrons. The van der Waals surface area contributed by atoms with Crippen LogP contribution in [-0.4, -0.2) is 16.3 Å². The summed E-state index contributed by atoms with van der Waals surface area (Å²) < 4.78 is 5.15. The van der Waals surface area contributed by atoms with E-state index in [1.54, 1.807) is 32.2 Å². The highest BCUT2D eigenvalue weighted by atomic mass is 35.5. The van der Waals surface area contributed by atoms with Crippen molar-refractivity contribution in [1.29, 1.82) is 0 Å². The summed E-state index contributed by atoms with van der Waals surface area (Å²) in [5.74, 6) is 0.403. The van der Waals surface area contributed by atoms with Gasteiger partial charge in [0.05, 0.1) is 0 Å². The van der Waals surface area contributed by atoms with Crippen LogP contribution < -0.4 is 5.32 Å². The molecule has 2 aromatic rings. The van der Waals surface area contributed by atoms with Crippen LogP contribution in [0.2, 0.25) is 0 Å². The van der Waals surface area contributed by atoms with Crippen molar-refractivity contribution >= 4 is 23.2 Å². The quantitative estimate of drug-likeness (QED) is 0.866. The number of carbonyl (C=O) groups excluding carboxylic acids is 1. The molecule has 2 rings (SSSR count). The van der Waals surface area contributed by atoms with Crippen LogP contribution in [0.15, 0.2) is 34.9 Å². The van der Waals surface area contributed by atoms with Gasteiger partial charge in [-0.2, -0.15) is 0 Å². The molecule has 18 heavy (non-hydrogen) atoms. The SMILES string of the molecule is Cc1nc(-c2ccc(NC(=O)C(C)Cl)cc2)co1. The molecule has 1 unspecified atom stereocenters. The predicted octanol–water partition coefficient (Wildman–Crippen LogP) is 3.22. The first-order chi connectivity index (χ1) is 8.56. The van der Waals surface area contributed by atoms with Crippen LogP contribution in [0.25, 0.3) is 11.3 Å². The third-order valence-corrected chi connectivity index (χ3v) is 2.63. The van der Waals surface area contributed by atoms with Gasteiger partial charge in [-0.1, -0.05) is 12.1 Å². The number of alkyl halides is 1. The Balaban J connectivity index is 2.13. The number of benzene rings is 1. The number of aromatic nitrogens is 1. The van der Waals surface area contributed by atoms with Crippen molar-refractivity contribution in [2.75, 3.05) is 5.32 Å². The molecule has 4 nitrogen and oxygen atoms in total. The van der Waals surface area contributed by atoms with Crippen LogP contribution in [0.4, 0.5) is 5.69 Å². The molecule has 0 bridgehead atoms. The van der Waals surface area contributed by atoms with Gasteiger partial charge in [0.1, 0.15) is 17.3 Å². The Labute approximate surface area is 110 Å². The second-order valence-electron chi connectivity index (χ2n) is 3.93. The first-order valence-corrected chi connectivity index (χ1v) is 5.97. The normalized spacial score (nSPS) is 12.2. The molecule has 1 aromatic carbocycles. The van der Waals surface area contributed by atoms with Gasteiger partial charge in [-0.25, -0.2) is 4.98 Å². The summed E-state index contributed by atoms with van der Waals surface area (Å²) in [6.07, 6.45) is 1.60. The summed E-state index contributed by atoms with van der Waals surface area (Å²) in [7, 11) is 0. The average molecular weight is 265 g/mol. The lowest BCUT2D eigenvalue weighted by molar-refractivity contribution is -0.115. The van der Waals surface area contributed by atoms with Gasteiger partial charge >= 0.3 is 0 Å². The topological polar surface area (TPSA) is 55.1 Å². The second kappa shape index (κ2) is 5.23. The zero-order valence-corrected chi connectivity index (χ0v) is 10.9. The fourth-order valence-electron chi connectivity index (χ4n) is 1.46. The fraction of sp³-hybridized carbons (Fsp3) is 0.231. The van der Waals surface area contributed by atoms with Crippen LogP contribution in [0.1, 0.15) is 12.8 Å². The van der Waals surface area contributed by atoms with E-state index in [9.17, 15) is 4.79 Å². The highest BCUT2D eigenvalue weighted by Gasteiger charge is 2.09. The number of hydrogen-bond donors (Lipinski definition) is 1. The molecule has 0 aliphatic rings. The summed E-state index contributed by atoms with van der Waals surface area (Å²) in [4.78, 5) is 15.6. The van der Waals surface area contributed by atoms with Crippen LogP contribution in [-0.2, 0) is 4.79 Å². The number of rotatable bonds is 3. The first-order valence-electron chi connectivity index (χ1n) is 5.54. The summed E-state index contributed by atoms with van der Waals surface area (Å²) in [5.41, 5.74) is 2.41. The molecule has 94 valence electrons. The number of carbonyl (C=O) groups is 1. The maximum atomic E-state index is 11.4. The molecule has 0 saturated heterocycles. The van der Waals surface area contributed by atoms with Crippen LogP contribution >= 0.6 is 11.6 Å². The van der Waals surface area contributed by atoms with Crippen molar-refractivity contribution in [2.45, 2.75) is 19.2 Å². The molecule has 5 heteroatoms. The Morgan fingerprint density at radius 3 is 2.56 bits per heavy atom. The number of halogens is 1. The van der Waals surface area contributed by atoms with Gasteiger partial charge in [-0.05, 0) is 19.1 Å². The lowest BCUT2D eigenvalue weighted by Gasteiger charge is -2.06. The Bertz CT molecular complexity index is 546. The van der Waals surface area contributed by atoms with Crippen LogP contribution in [0, 0.1) is 6.92 Å². The van der Waals surface area contributed by atoms with Gasteiger partial charge in [-0.15, -0.1) is 11.6 Å². The first kappa shape index (κ1) is 12.6. The van der Waals surface area contributed by atoms with Gasteiger partial charge in [0, 0.05) is 18.2 Å². The molecule has 0 fully saturated rings. The van der Waals surface area contributed by atoms with Gasteiger partial charge in [0.15, 0.2) is 5.89 Å². The maximum absolute atomic E-state index is 11.4. The zero-order valence-electron chi connectivity index (χ0n) is 10.1. The van der Waals surface area contributed by atoms with E-state index in [0.717, 1.165) is 11.3 Å². The van der Waals surface area contributed by atoms with Gasteiger partial charge < -0.3 is 9.73 Å². The molecule has 0 saturated carbocycles. The number of anilines is 1. The summed E-state index contributed by atoms with van der Waals surface area (Å²) in [5, 5.41) is 2.16. The lowest BCUT2D eigenvalue weighted by Crippen LogP contribution is -2.20. The molecule has 0 spiro atoms. The van der Waals surface area contributed by atoms with Crippen molar-refractivity contribution in [1.82, 2.24) is 4.98 Å². The number of hydrogen-bond acceptors (Lipinski definition) is 3. The van der Waals surface area contributed by atoms with Gasteiger partial charge in [-0.3, -0.25) is 4.79 Å². The highest BCUT2D eigenvalue weighted by Crippen LogP contribution is 2.20. The van der Waals surface area contributed by atoms with E-state index >= 15 is 0 Å². The van der Waals surface area contributed by atoms with E-state index in [0.29, 0.717) is 11.6 Å². The van der Waals surface area contributed by atoms with E-state index in [1.807, 2.05) is 12.1 Å². The molecule has 0 aliphatic carbocycles. The molecule has 1 amide bonds. The summed E-state index contributed by atoms with van der Waals surface area (Å²) in [6, 6.07) is 7.34. The smallest absolute Gasteiger partial charge is 0.242 e. The molecule has 1 atom stereocenters. The van der Waals surface area contributed by atoms with Gasteiger partial charge in [0.2, 0.25) is 5.91 Å². The Hall–Kier alpha value is -1.81. The number of oxazole rings is 1. The van der Waals surface area contributed by atoms with Crippen molar-refractivity contribution < 1.29 is 9.21 Å². The number of nitrogens with zero attached hydrogens (tertiary/aromatic N) is 1. The van der Waals surface area contributed by atoms with E-state index in [2.05, 4.69) is 10.3 Å². The van der Waals surface area contributed by atoms with Crippen molar-refractivity contribution in [3.05, 3.63) is 36.4 Å². The molecule has 1 aromatic heterocycles. The highest BCUT2D eigenvalue weighted by molar-refractivity contribution is 6.32. The minimum Gasteiger partial charge on any atom is -0.449 e. The largest absolute Gasteiger partial charge is 0.449 e. The third kappa shape index (κ3) is 2.90. The monoisotopic (exact) mass is 264 g/mol. The predicted molar refractivity (Wildman–Crippen MR) is 70.6 cm³/mol. The number of amides is 1. The van der Waals surface area contributed by atoms with Gasteiger partial charge in [0.25, 0.3) is 0 Å². The molecule has 1 heterocycles. The Morgan fingerprint density at radius 2 is 2.06 bits per heavy atom. The fourth-order valence-corrected chi connectivity index (χ4v) is 1.52. The Kier molecular flexibility index (Phi) is 3.67. The summed E-state index contributed by atoms with van der Waals surface area (Å²) >= 11 is 5.67. The van der Waals surface area contributed by atoms with Crippen molar-refractivity contribution in [3.63, 3.8) is 0 Å². The summed E-state index contributed by atoms with van der Waals surface area (Å²) in [6.45, 7) is 3.42. The lowest BCUT2D eigenvalue weighted by atomic mass is 10.1. The second-order valence-corrected chi connectivity index (χ2v) is 4.59. The Morgan fingerprint density at radius 1 is 1.39 bits per heavy atom. The molecular formula is C13H13ClN2O2. The van der Waals surface area contributed by atoms with E-state index < -0.39 is 5.38 Å². The van der Waals surface area contributed by atoms with Crippen LogP contribution in [0.5, 0.6) is 0 Å². The van der Waals surface area contributed by atoms with E-state index in [1.165, 1.54) is 0 Å². The minimum absolute atomic E-state index is 0.221. The third-order valence-electron chi connectivity index (χ3n) is 2.43. The van der Waals surface area contributed by atoms with Crippen molar-refractivity contribution in [2.24, 2.45) is 0 Å². The maximum Gasteiger partial charge on any atom is 0.242 e. The van der Waals surface area contributed by atoms with E-state index in [-0.39, 0.29) is 5.91 Å². The minimum atomic E-state index is -0.553. The zero-order chi connectivity index (χ0) is 13.1. The van der Waals surface area contributed by atoms with E-state index in [4.69, 9.17) is 16.0 Å². The molecule has 1 N–H and O–H groups in total. The standard InChI is InChI=1S/C13H13ClN2O2/c1-8(14)13(17)16-11-5-3-10(4-6-11)12-7-18-9(2)15-12/h3-8H,1-2H3,(H,16,17). The van der Waals surface area contributed by atoms with Crippen LogP contribution in [0.3, 0.4) is 0 Å². The molecule has 0 aliphatic heterocycles.